The number of hydrogen-bond donors (Lipinski definition) is 3. The summed E-state index contributed by atoms with van der Waals surface area (Å²) in [6, 6.07) is 3.37. The molecule has 3 N–H and O–H groups in total. The van der Waals surface area contributed by atoms with Crippen molar-refractivity contribution in [1.82, 2.24) is 14.9 Å². The molecule has 1 aromatic heterocycles. The van der Waals surface area contributed by atoms with Crippen LogP contribution in [-0.2, 0) is 11.2 Å². The lowest BCUT2D eigenvalue weighted by Gasteiger charge is -2.40. The van der Waals surface area contributed by atoms with Gasteiger partial charge in [-0.15, -0.1) is 0 Å². The first-order valence-electron chi connectivity index (χ1n) is 9.35. The Balaban J connectivity index is 1.98. The van der Waals surface area contributed by atoms with Gasteiger partial charge in [0.2, 0.25) is 0 Å². The van der Waals surface area contributed by atoms with Gasteiger partial charge in [-0.1, -0.05) is 46.9 Å². The maximum absolute atomic E-state index is 15.1. The number of carboxylic acid groups (broad SMARTS) is 2. The second-order valence-electron chi connectivity index (χ2n) is 7.20. The largest absolute Gasteiger partial charge is 0.480 e. The van der Waals surface area contributed by atoms with Crippen LogP contribution in [0.3, 0.4) is 0 Å². The first kappa shape index (κ1) is 23.0. The number of aromatic amines is 1. The van der Waals surface area contributed by atoms with Crippen LogP contribution in [0.1, 0.15) is 43.7 Å². The van der Waals surface area contributed by atoms with E-state index in [1.807, 2.05) is 0 Å². The number of halogens is 4. The van der Waals surface area contributed by atoms with Crippen molar-refractivity contribution in [2.45, 2.75) is 18.5 Å². The molecule has 170 valence electrons. The third-order valence-electron chi connectivity index (χ3n) is 5.34. The van der Waals surface area contributed by atoms with E-state index in [9.17, 15) is 24.6 Å². The van der Waals surface area contributed by atoms with Crippen LogP contribution in [0.4, 0.5) is 4.39 Å². The Kier molecular flexibility index (Phi) is 6.04. The molecule has 2 heterocycles. The van der Waals surface area contributed by atoms with E-state index in [1.54, 1.807) is 0 Å². The molecule has 2 aromatic carbocycles. The van der Waals surface area contributed by atoms with Crippen LogP contribution >= 0.6 is 34.8 Å². The minimum atomic E-state index is -1.49. The molecule has 0 radical (unpaired) electrons. The molecule has 1 aliphatic rings. The number of carboxylic acids is 2. The fraction of sp³-hybridized carbons (Fsp3) is 0.143. The Labute approximate surface area is 200 Å². The topological polar surface area (TPSA) is 124 Å². The zero-order chi connectivity index (χ0) is 24.0. The molecule has 8 nitrogen and oxygen atoms in total. The van der Waals surface area contributed by atoms with Crippen molar-refractivity contribution < 1.29 is 29.0 Å². The van der Waals surface area contributed by atoms with Crippen molar-refractivity contribution >= 4 is 52.6 Å². The number of hydrogen-bond acceptors (Lipinski definition) is 4. The van der Waals surface area contributed by atoms with Crippen molar-refractivity contribution in [3.8, 4) is 0 Å². The number of aromatic nitrogens is 2. The van der Waals surface area contributed by atoms with Gasteiger partial charge < -0.3 is 20.1 Å². The predicted octanol–water partition coefficient (Wildman–Crippen LogP) is 4.45. The average molecular weight is 513 g/mol. The molecule has 0 fully saturated rings. The van der Waals surface area contributed by atoms with Gasteiger partial charge in [0, 0.05) is 12.0 Å². The number of carbonyl (C=O) groups is 3. The first-order valence-corrected chi connectivity index (χ1v) is 10.5. The lowest BCUT2D eigenvalue weighted by molar-refractivity contribution is -0.143. The molecule has 12 heteroatoms. The van der Waals surface area contributed by atoms with Gasteiger partial charge in [-0.2, -0.15) is 0 Å². The third kappa shape index (κ3) is 3.92. The van der Waals surface area contributed by atoms with Crippen molar-refractivity contribution in [3.63, 3.8) is 0 Å². The molecule has 0 bridgehead atoms. The Morgan fingerprint density at radius 2 is 1.73 bits per heavy atom. The lowest BCUT2D eigenvalue weighted by atomic mass is 9.89. The summed E-state index contributed by atoms with van der Waals surface area (Å²) < 4.78 is 15.1. The van der Waals surface area contributed by atoms with Gasteiger partial charge in [0.05, 0.1) is 43.9 Å². The lowest BCUT2D eigenvalue weighted by Crippen LogP contribution is -2.52. The van der Waals surface area contributed by atoms with Gasteiger partial charge in [0.15, 0.2) is 0 Å². The quantitative estimate of drug-likeness (QED) is 0.475. The summed E-state index contributed by atoms with van der Waals surface area (Å²) in [5.74, 6) is -4.72. The highest BCUT2D eigenvalue weighted by molar-refractivity contribution is 6.42. The fourth-order valence-corrected chi connectivity index (χ4v) is 4.38. The zero-order valence-corrected chi connectivity index (χ0v) is 18.6. The molecule has 2 atom stereocenters. The number of rotatable bonds is 4. The number of carbonyl (C=O) groups excluding carboxylic acids is 1. The smallest absolute Gasteiger partial charge is 0.336 e. The molecule has 3 aromatic rings. The summed E-state index contributed by atoms with van der Waals surface area (Å²) in [7, 11) is 0. The van der Waals surface area contributed by atoms with E-state index in [1.165, 1.54) is 24.5 Å². The summed E-state index contributed by atoms with van der Waals surface area (Å²) in [6.45, 7) is 0. The van der Waals surface area contributed by atoms with Crippen molar-refractivity contribution in [2.24, 2.45) is 0 Å². The minimum Gasteiger partial charge on any atom is -0.480 e. The van der Waals surface area contributed by atoms with Crippen LogP contribution in [0.15, 0.2) is 36.7 Å². The summed E-state index contributed by atoms with van der Waals surface area (Å²) >= 11 is 17.9. The summed E-state index contributed by atoms with van der Waals surface area (Å²) in [6.07, 6.45) is 1.11. The SMILES string of the molecule is O=C(O)c1cc(Cl)c(Cl)cc1C(=O)N1C(C(=O)O)Cc2nc[nH]c2C1c1cccc(Cl)c1F. The Morgan fingerprint density at radius 1 is 1.06 bits per heavy atom. The molecule has 0 aliphatic carbocycles. The molecule has 4 rings (SSSR count). The number of fused-ring (bicyclic) bond motifs is 1. The molecule has 0 spiro atoms. The summed E-state index contributed by atoms with van der Waals surface area (Å²) in [4.78, 5) is 45.6. The second-order valence-corrected chi connectivity index (χ2v) is 8.42. The van der Waals surface area contributed by atoms with Crippen LogP contribution in [0.25, 0.3) is 0 Å². The van der Waals surface area contributed by atoms with E-state index >= 15 is 4.39 Å². The number of aromatic carboxylic acids is 1. The summed E-state index contributed by atoms with van der Waals surface area (Å²) in [5, 5.41) is 19.1. The Morgan fingerprint density at radius 3 is 2.36 bits per heavy atom. The van der Waals surface area contributed by atoms with Gasteiger partial charge in [0.1, 0.15) is 17.9 Å². The number of aliphatic carboxylic acids is 1. The normalized spacial score (nSPS) is 17.5. The number of nitrogens with zero attached hydrogens (tertiary/aromatic N) is 2. The molecule has 1 aliphatic heterocycles. The van der Waals surface area contributed by atoms with Gasteiger partial charge in [-0.3, -0.25) is 4.79 Å². The molecular weight excluding hydrogens is 500 g/mol. The third-order valence-corrected chi connectivity index (χ3v) is 6.36. The van der Waals surface area contributed by atoms with Crippen LogP contribution in [0, 0.1) is 5.82 Å². The maximum atomic E-state index is 15.1. The standard InChI is InChI=1S/C21H13Cl3FN3O5/c22-11-3-1-2-8(16(11)25)18-17-14(26-7-27-17)6-15(21(32)33)28(18)19(29)9-4-12(23)13(24)5-10(9)20(30)31/h1-5,7,15,18H,6H2,(H,26,27)(H,30,31)(H,32,33). The maximum Gasteiger partial charge on any atom is 0.336 e. The van der Waals surface area contributed by atoms with Crippen LogP contribution in [0.5, 0.6) is 0 Å². The molecule has 2 unspecified atom stereocenters. The highest BCUT2D eigenvalue weighted by Gasteiger charge is 2.45. The Bertz CT molecular complexity index is 1310. The molecule has 1 amide bonds. The Hall–Kier alpha value is -3.14. The van der Waals surface area contributed by atoms with E-state index in [4.69, 9.17) is 34.8 Å². The van der Waals surface area contributed by atoms with Crippen molar-refractivity contribution in [2.75, 3.05) is 0 Å². The monoisotopic (exact) mass is 511 g/mol. The van der Waals surface area contributed by atoms with Gasteiger partial charge in [-0.05, 0) is 18.2 Å². The molecule has 0 saturated carbocycles. The van der Waals surface area contributed by atoms with E-state index in [-0.39, 0.29) is 32.7 Å². The average Bonchev–Trinajstić information content (AvgIpc) is 3.24. The van der Waals surface area contributed by atoms with E-state index in [0.717, 1.165) is 17.0 Å². The fourth-order valence-electron chi connectivity index (χ4n) is 3.87. The number of nitrogens with one attached hydrogen (secondary N) is 1. The van der Waals surface area contributed by atoms with Crippen molar-refractivity contribution in [1.29, 1.82) is 0 Å². The molecule has 33 heavy (non-hydrogen) atoms. The first-order chi connectivity index (χ1) is 15.6. The second kappa shape index (κ2) is 8.66. The zero-order valence-electron chi connectivity index (χ0n) is 16.4. The van der Waals surface area contributed by atoms with Crippen LogP contribution < -0.4 is 0 Å². The van der Waals surface area contributed by atoms with Gasteiger partial charge in [-0.25, -0.2) is 19.0 Å². The molecule has 0 saturated heterocycles. The minimum absolute atomic E-state index is 0.0933. The van der Waals surface area contributed by atoms with Crippen LogP contribution in [-0.4, -0.2) is 49.0 Å². The highest BCUT2D eigenvalue weighted by atomic mass is 35.5. The molecular formula is C21H13Cl3FN3O5. The van der Waals surface area contributed by atoms with E-state index < -0.39 is 46.9 Å². The van der Waals surface area contributed by atoms with Gasteiger partial charge in [0.25, 0.3) is 5.91 Å². The van der Waals surface area contributed by atoms with E-state index in [2.05, 4.69) is 9.97 Å². The summed E-state index contributed by atoms with van der Waals surface area (Å²) in [5.41, 5.74) is -0.385. The number of amides is 1. The van der Waals surface area contributed by atoms with Crippen LogP contribution in [0.2, 0.25) is 15.1 Å². The van der Waals surface area contributed by atoms with Gasteiger partial charge >= 0.3 is 11.9 Å². The number of imidazole rings is 1. The van der Waals surface area contributed by atoms with E-state index in [0.29, 0.717) is 5.69 Å². The van der Waals surface area contributed by atoms with Crippen molar-refractivity contribution in [3.05, 3.63) is 85.6 Å². The number of H-pyrrole nitrogens is 1. The predicted molar refractivity (Wildman–Crippen MR) is 117 cm³/mol. The highest BCUT2D eigenvalue weighted by Crippen LogP contribution is 2.40. The number of benzene rings is 2.